The van der Waals surface area contributed by atoms with Gasteiger partial charge in [0.2, 0.25) is 10.0 Å². The maximum absolute atomic E-state index is 12.8. The predicted octanol–water partition coefficient (Wildman–Crippen LogP) is 2.25. The molecule has 4 rings (SSSR count). The Morgan fingerprint density at radius 2 is 1.65 bits per heavy atom. The molecule has 2 heterocycles. The Bertz CT molecular complexity index is 1250. The van der Waals surface area contributed by atoms with E-state index in [-0.39, 0.29) is 5.91 Å². The number of hydrogen-bond donors (Lipinski definition) is 1. The van der Waals surface area contributed by atoms with Gasteiger partial charge in [-0.05, 0) is 35.7 Å². The van der Waals surface area contributed by atoms with Crippen LogP contribution in [-0.4, -0.2) is 65.5 Å². The van der Waals surface area contributed by atoms with E-state index in [0.717, 1.165) is 29.1 Å². The molecule has 0 unspecified atom stereocenters. The lowest BCUT2D eigenvalue weighted by Crippen LogP contribution is -2.47. The van der Waals surface area contributed by atoms with Crippen molar-refractivity contribution >= 4 is 15.9 Å². The Balaban J connectivity index is 1.32. The summed E-state index contributed by atoms with van der Waals surface area (Å²) >= 11 is 0. The van der Waals surface area contributed by atoms with Gasteiger partial charge in [-0.2, -0.15) is 4.31 Å². The average molecular weight is 482 g/mol. The minimum absolute atomic E-state index is 0.111. The van der Waals surface area contributed by atoms with Crippen molar-refractivity contribution in [2.24, 2.45) is 0 Å². The van der Waals surface area contributed by atoms with E-state index in [1.165, 1.54) is 10.6 Å². The van der Waals surface area contributed by atoms with E-state index >= 15 is 0 Å². The Hall–Kier alpha value is -3.01. The first kappa shape index (κ1) is 24.1. The van der Waals surface area contributed by atoms with E-state index < -0.39 is 10.0 Å². The fourth-order valence-corrected chi connectivity index (χ4v) is 5.00. The van der Waals surface area contributed by atoms with E-state index in [0.29, 0.717) is 44.8 Å². The number of rotatable bonds is 8. The zero-order chi connectivity index (χ0) is 24.1. The number of aryl methyl sites for hydroxylation is 1. The van der Waals surface area contributed by atoms with Crippen LogP contribution in [0.2, 0.25) is 0 Å². The number of benzene rings is 2. The number of hydrogen-bond acceptors (Lipinski definition) is 5. The van der Waals surface area contributed by atoms with Gasteiger partial charge in [0.25, 0.3) is 5.91 Å². The number of carbonyl (C=O) groups is 1. The molecular formula is C25H31N5O3S. The predicted molar refractivity (Wildman–Crippen MR) is 132 cm³/mol. The van der Waals surface area contributed by atoms with Gasteiger partial charge in [-0.25, -0.2) is 13.4 Å². The number of imidazole rings is 1. The first-order chi connectivity index (χ1) is 16.3. The largest absolute Gasteiger partial charge is 0.348 e. The second-order valence-corrected chi connectivity index (χ2v) is 10.7. The summed E-state index contributed by atoms with van der Waals surface area (Å²) in [6.45, 7) is 6.22. The summed E-state index contributed by atoms with van der Waals surface area (Å²) in [5.41, 5.74) is 3.87. The highest BCUT2D eigenvalue weighted by Crippen LogP contribution is 2.13. The van der Waals surface area contributed by atoms with Crippen LogP contribution in [-0.2, 0) is 29.7 Å². The first-order valence-electron chi connectivity index (χ1n) is 11.4. The van der Waals surface area contributed by atoms with E-state index in [1.54, 1.807) is 6.20 Å². The molecule has 0 spiro atoms. The summed E-state index contributed by atoms with van der Waals surface area (Å²) in [7, 11) is -3.14. The molecule has 0 saturated carbocycles. The van der Waals surface area contributed by atoms with Gasteiger partial charge in [-0.1, -0.05) is 36.4 Å². The minimum Gasteiger partial charge on any atom is -0.348 e. The van der Waals surface area contributed by atoms with Crippen molar-refractivity contribution in [3.05, 3.63) is 89.0 Å². The average Bonchev–Trinajstić information content (AvgIpc) is 3.22. The number of carbonyl (C=O) groups excluding carboxylic acids is 1. The molecule has 1 fully saturated rings. The summed E-state index contributed by atoms with van der Waals surface area (Å²) in [4.78, 5) is 19.3. The van der Waals surface area contributed by atoms with Gasteiger partial charge in [0, 0.05) is 63.8 Å². The molecule has 1 aliphatic heterocycles. The molecule has 180 valence electrons. The fraction of sp³-hybridized carbons (Fsp3) is 0.360. The van der Waals surface area contributed by atoms with Gasteiger partial charge >= 0.3 is 0 Å². The summed E-state index contributed by atoms with van der Waals surface area (Å²) in [5, 5.41) is 3.02. The van der Waals surface area contributed by atoms with Crippen molar-refractivity contribution in [1.29, 1.82) is 0 Å². The number of amides is 1. The van der Waals surface area contributed by atoms with Crippen molar-refractivity contribution in [3.8, 4) is 0 Å². The molecule has 1 saturated heterocycles. The fourth-order valence-electron chi connectivity index (χ4n) is 4.18. The molecule has 8 nitrogen and oxygen atoms in total. The highest BCUT2D eigenvalue weighted by Gasteiger charge is 2.23. The minimum atomic E-state index is -3.14. The van der Waals surface area contributed by atoms with Crippen LogP contribution < -0.4 is 5.32 Å². The molecule has 3 aromatic rings. The van der Waals surface area contributed by atoms with Gasteiger partial charge in [0.1, 0.15) is 5.82 Å². The SMILES string of the molecule is Cc1nccn1Cc1cccc(CNC(=O)c2cccc(CN3CCN(S(C)(=O)=O)CC3)c2)c1. The standard InChI is InChI=1S/C25H31N5O3S/c1-20-26-9-10-29(20)19-22-6-3-5-21(15-22)17-27-25(31)24-8-4-7-23(16-24)18-28-11-13-30(14-12-28)34(2,32)33/h3-10,15-16H,11-14,17-19H2,1-2H3,(H,27,31). The third kappa shape index (κ3) is 6.31. The lowest BCUT2D eigenvalue weighted by Gasteiger charge is -2.33. The number of nitrogens with zero attached hydrogens (tertiary/aromatic N) is 4. The second-order valence-electron chi connectivity index (χ2n) is 8.74. The smallest absolute Gasteiger partial charge is 0.251 e. The highest BCUT2D eigenvalue weighted by atomic mass is 32.2. The second kappa shape index (κ2) is 10.5. The van der Waals surface area contributed by atoms with Gasteiger partial charge in [-0.15, -0.1) is 0 Å². The molecule has 0 aliphatic carbocycles. The van der Waals surface area contributed by atoms with Crippen LogP contribution in [0.1, 0.15) is 32.9 Å². The molecule has 34 heavy (non-hydrogen) atoms. The van der Waals surface area contributed by atoms with Gasteiger partial charge < -0.3 is 9.88 Å². The Kier molecular flexibility index (Phi) is 7.45. The van der Waals surface area contributed by atoms with Crippen LogP contribution in [0.4, 0.5) is 0 Å². The normalized spacial score (nSPS) is 15.4. The zero-order valence-corrected chi connectivity index (χ0v) is 20.5. The molecule has 0 radical (unpaired) electrons. The number of sulfonamides is 1. The van der Waals surface area contributed by atoms with Crippen LogP contribution in [0.5, 0.6) is 0 Å². The third-order valence-corrected chi connectivity index (χ3v) is 7.42. The van der Waals surface area contributed by atoms with Crippen molar-refractivity contribution in [2.45, 2.75) is 26.6 Å². The van der Waals surface area contributed by atoms with Crippen molar-refractivity contribution < 1.29 is 13.2 Å². The van der Waals surface area contributed by atoms with Gasteiger partial charge in [0.15, 0.2) is 0 Å². The molecule has 9 heteroatoms. The lowest BCUT2D eigenvalue weighted by atomic mass is 10.1. The first-order valence-corrected chi connectivity index (χ1v) is 13.2. The Morgan fingerprint density at radius 3 is 2.32 bits per heavy atom. The van der Waals surface area contributed by atoms with Crippen LogP contribution >= 0.6 is 0 Å². The van der Waals surface area contributed by atoms with Gasteiger partial charge in [0.05, 0.1) is 6.26 Å². The van der Waals surface area contributed by atoms with E-state index in [9.17, 15) is 13.2 Å². The molecule has 1 amide bonds. The van der Waals surface area contributed by atoms with Gasteiger partial charge in [-0.3, -0.25) is 9.69 Å². The number of aromatic nitrogens is 2. The molecule has 2 aromatic carbocycles. The topological polar surface area (TPSA) is 87.5 Å². The highest BCUT2D eigenvalue weighted by molar-refractivity contribution is 7.88. The summed E-state index contributed by atoms with van der Waals surface area (Å²) in [6.07, 6.45) is 5.01. The molecule has 0 atom stereocenters. The maximum Gasteiger partial charge on any atom is 0.251 e. The van der Waals surface area contributed by atoms with Crippen molar-refractivity contribution in [1.82, 2.24) is 24.1 Å². The Morgan fingerprint density at radius 1 is 0.971 bits per heavy atom. The van der Waals surface area contributed by atoms with E-state index in [1.807, 2.05) is 49.5 Å². The summed E-state index contributed by atoms with van der Waals surface area (Å²) in [5.74, 6) is 0.857. The number of piperazine rings is 1. The quantitative estimate of drug-likeness (QED) is 0.533. The van der Waals surface area contributed by atoms with Crippen molar-refractivity contribution in [2.75, 3.05) is 32.4 Å². The van der Waals surface area contributed by atoms with E-state index in [4.69, 9.17) is 0 Å². The van der Waals surface area contributed by atoms with Crippen molar-refractivity contribution in [3.63, 3.8) is 0 Å². The Labute approximate surface area is 201 Å². The molecule has 0 bridgehead atoms. The molecular weight excluding hydrogens is 450 g/mol. The maximum atomic E-state index is 12.8. The van der Waals surface area contributed by atoms with E-state index in [2.05, 4.69) is 31.9 Å². The monoisotopic (exact) mass is 481 g/mol. The molecule has 1 N–H and O–H groups in total. The zero-order valence-electron chi connectivity index (χ0n) is 19.6. The molecule has 1 aliphatic rings. The van der Waals surface area contributed by atoms with Crippen LogP contribution in [0.15, 0.2) is 60.9 Å². The number of nitrogens with one attached hydrogen (secondary N) is 1. The summed E-state index contributed by atoms with van der Waals surface area (Å²) in [6, 6.07) is 15.8. The third-order valence-electron chi connectivity index (χ3n) is 6.12. The summed E-state index contributed by atoms with van der Waals surface area (Å²) < 4.78 is 27.0. The van der Waals surface area contributed by atoms with Crippen LogP contribution in [0.3, 0.4) is 0 Å². The van der Waals surface area contributed by atoms with Crippen LogP contribution in [0, 0.1) is 6.92 Å². The molecule has 1 aromatic heterocycles. The lowest BCUT2D eigenvalue weighted by molar-refractivity contribution is 0.0950. The van der Waals surface area contributed by atoms with Crippen LogP contribution in [0.25, 0.3) is 0 Å².